The van der Waals surface area contributed by atoms with E-state index in [2.05, 4.69) is 507 Å². The van der Waals surface area contributed by atoms with E-state index in [1.54, 1.807) is 0 Å². The average molecular weight is 1920 g/mol. The van der Waals surface area contributed by atoms with E-state index in [4.69, 9.17) is 0 Å². The Bertz CT molecular complexity index is 7310. The van der Waals surface area contributed by atoms with Crippen molar-refractivity contribution in [3.8, 4) is 22.3 Å². The first-order valence-corrected chi connectivity index (χ1v) is 56.9. The summed E-state index contributed by atoms with van der Waals surface area (Å²) in [5.41, 5.74) is 64.6. The van der Waals surface area contributed by atoms with Crippen molar-refractivity contribution in [3.05, 3.63) is 517 Å². The van der Waals surface area contributed by atoms with Gasteiger partial charge in [0.15, 0.2) is 0 Å². The third-order valence-corrected chi connectivity index (χ3v) is 43.5. The molecular formula is C139H138B4Ge. The Morgan fingerprint density at radius 3 is 0.590 bits per heavy atom. The summed E-state index contributed by atoms with van der Waals surface area (Å²) < 4.78 is 5.65. The summed E-state index contributed by atoms with van der Waals surface area (Å²) >= 11 is -4.47. The SMILES string of the molecule is Cc1cc(C)c(B(c2ccc(CC3(Cc4ccc(B(c5c(C)cc(C)cc5C)c5c(C)cc(C)cc5C)cc4)c4ccccc4-c4cc[c]([Ge]([c]5ccccc5)([c]5ccccc5)[c]5ccc6c(c5)C(Cc5ccc(B(c7c(C)cc(C)cc7C)c7c(C)cc(C)cc7C)cc5)(Cc5ccc(B(c7c(C)cc(C)cc7C)c7c(C)cc(C)cc7C)cc5)c5cc(C)ccc5-6)cc43)cc2)c2c(C)cc(C)cc2C)c(C)c1. The predicted octanol–water partition coefficient (Wildman–Crippen LogP) is 22.3. The van der Waals surface area contributed by atoms with Crippen molar-refractivity contribution in [2.24, 2.45) is 0 Å². The van der Waals surface area contributed by atoms with Crippen LogP contribution >= 0.6 is 0 Å². The van der Waals surface area contributed by atoms with Crippen LogP contribution in [0.15, 0.2) is 334 Å². The van der Waals surface area contributed by atoms with Crippen molar-refractivity contribution in [3.63, 3.8) is 0 Å². The third kappa shape index (κ3) is 17.7. The van der Waals surface area contributed by atoms with Crippen LogP contribution in [0.3, 0.4) is 0 Å². The van der Waals surface area contributed by atoms with Gasteiger partial charge in [-0.1, -0.05) is 142 Å². The zero-order valence-electron chi connectivity index (χ0n) is 89.9. The molecular weight excluding hydrogens is 1790 g/mol. The molecule has 710 valence electrons. The van der Waals surface area contributed by atoms with Crippen molar-refractivity contribution >= 4 is 123 Å². The van der Waals surface area contributed by atoms with Crippen molar-refractivity contribution in [2.45, 2.75) is 210 Å². The smallest absolute Gasteiger partial charge is 0.0569 e. The molecule has 0 amide bonds. The Hall–Kier alpha value is -13.2. The summed E-state index contributed by atoms with van der Waals surface area (Å²) in [4.78, 5) is 0. The number of hydrogen-bond acceptors (Lipinski definition) is 0. The van der Waals surface area contributed by atoms with Crippen LogP contribution in [0, 0.1) is 173 Å². The van der Waals surface area contributed by atoms with Gasteiger partial charge >= 0.3 is 565 Å². The van der Waals surface area contributed by atoms with Gasteiger partial charge < -0.3 is 0 Å². The summed E-state index contributed by atoms with van der Waals surface area (Å²) in [7, 11) is 0. The van der Waals surface area contributed by atoms with E-state index in [0.29, 0.717) is 0 Å². The summed E-state index contributed by atoms with van der Waals surface area (Å²) in [6.45, 7) is 57.9. The van der Waals surface area contributed by atoms with E-state index in [0.717, 1.165) is 25.7 Å². The molecule has 5 heteroatoms. The Balaban J connectivity index is 0.811. The molecule has 0 unspecified atom stereocenters. The Kier molecular flexibility index (Phi) is 26.6. The molecule has 0 bridgehead atoms. The van der Waals surface area contributed by atoms with Gasteiger partial charge in [0.25, 0.3) is 0 Å². The van der Waals surface area contributed by atoms with Gasteiger partial charge in [0.1, 0.15) is 0 Å². The quantitative estimate of drug-likeness (QED) is 0.0529. The number of benzene rings is 18. The van der Waals surface area contributed by atoms with Gasteiger partial charge in [-0.25, -0.2) is 0 Å². The van der Waals surface area contributed by atoms with Crippen molar-refractivity contribution in [2.75, 3.05) is 0 Å². The van der Waals surface area contributed by atoms with Gasteiger partial charge in [0.05, 0.1) is 0 Å². The second-order valence-electron chi connectivity index (χ2n) is 44.7. The van der Waals surface area contributed by atoms with Crippen molar-refractivity contribution < 1.29 is 0 Å². The van der Waals surface area contributed by atoms with Crippen LogP contribution in [0.2, 0.25) is 0 Å². The zero-order valence-corrected chi connectivity index (χ0v) is 92.0. The maximum absolute atomic E-state index is 4.47. The van der Waals surface area contributed by atoms with E-state index in [-0.39, 0.29) is 26.9 Å². The topological polar surface area (TPSA) is 0 Å². The first-order chi connectivity index (χ1) is 69.1. The molecule has 0 aromatic heterocycles. The first-order valence-electron chi connectivity index (χ1n) is 52.7. The van der Waals surface area contributed by atoms with Crippen LogP contribution < -0.4 is 83.1 Å². The average Bonchev–Trinajstić information content (AvgIpc) is 1.52. The van der Waals surface area contributed by atoms with Gasteiger partial charge in [-0.2, -0.15) is 0 Å². The molecule has 0 nitrogen and oxygen atoms in total. The number of aryl methyl sites for hydroxylation is 25. The first kappa shape index (κ1) is 98.2. The molecule has 18 aromatic carbocycles. The van der Waals surface area contributed by atoms with Crippen LogP contribution in [-0.2, 0) is 36.5 Å². The molecule has 0 saturated carbocycles. The Morgan fingerprint density at radius 1 is 0.160 bits per heavy atom. The molecule has 0 fully saturated rings. The number of fused-ring (bicyclic) bond motifs is 6. The fourth-order valence-electron chi connectivity index (χ4n) is 28.6. The molecule has 20 rings (SSSR count). The van der Waals surface area contributed by atoms with E-state index < -0.39 is 24.1 Å². The van der Waals surface area contributed by atoms with Gasteiger partial charge in [0.2, 0.25) is 0 Å². The number of hydrogen-bond donors (Lipinski definition) is 0. The van der Waals surface area contributed by atoms with Crippen molar-refractivity contribution in [1.29, 1.82) is 0 Å². The number of rotatable bonds is 24. The van der Waals surface area contributed by atoms with Gasteiger partial charge in [-0.15, -0.1) is 0 Å². The van der Waals surface area contributed by atoms with Crippen LogP contribution in [0.5, 0.6) is 0 Å². The van der Waals surface area contributed by atoms with Crippen LogP contribution in [0.1, 0.15) is 184 Å². The fourth-order valence-corrected chi connectivity index (χ4v) is 38.6. The third-order valence-electron chi connectivity index (χ3n) is 33.6. The zero-order chi connectivity index (χ0) is 101. The molecule has 0 radical (unpaired) electrons. The minimum Gasteiger partial charge on any atom is -0.0569 e. The fraction of sp³-hybridized carbons (Fsp3) is 0.223. The van der Waals surface area contributed by atoms with Crippen LogP contribution in [-0.4, -0.2) is 40.1 Å². The molecule has 0 atom stereocenters. The van der Waals surface area contributed by atoms with E-state index in [1.807, 2.05) is 0 Å². The van der Waals surface area contributed by atoms with E-state index >= 15 is 0 Å². The normalized spacial score (nSPS) is 12.7. The van der Waals surface area contributed by atoms with Crippen molar-refractivity contribution in [1.82, 2.24) is 0 Å². The van der Waals surface area contributed by atoms with E-state index in [1.165, 1.54) is 289 Å². The monoisotopic (exact) mass is 1930 g/mol. The molecule has 18 aromatic rings. The summed E-state index contributed by atoms with van der Waals surface area (Å²) in [6.07, 6.45) is 3.10. The van der Waals surface area contributed by atoms with Gasteiger partial charge in [-0.3, -0.25) is 0 Å². The van der Waals surface area contributed by atoms with E-state index in [9.17, 15) is 0 Å². The summed E-state index contributed by atoms with van der Waals surface area (Å²) in [6, 6.07) is 136. The molecule has 0 spiro atoms. The Labute approximate surface area is 865 Å². The molecule has 144 heavy (non-hydrogen) atoms. The Morgan fingerprint density at radius 2 is 0.354 bits per heavy atom. The molecule has 2 aliphatic rings. The van der Waals surface area contributed by atoms with Gasteiger partial charge in [0, 0.05) is 0 Å². The minimum atomic E-state index is -4.47. The van der Waals surface area contributed by atoms with Gasteiger partial charge in [-0.05, 0) is 166 Å². The standard InChI is InChI=1S/C139H138B4Ge/c1-85-40-59-123-125-61-58-121(80-129(125)139(127(123)78-85,83-112-45-53-116(54-46-112)142(134-102(18)70-90(6)71-103(134)19)135-104(20)72-91(7)73-105(135)21)84-113-47-55-117(56-48-113)143(136-106(22)74-92(8)75-107(136)23)137-108(24)76-93(9)77-109(137)25)144(118-34-28-26-29-35-118,119-36-30-27-31-37-119)120-57-60-124-122-38-32-33-39-126(122)138(128(124)79-120,81-110-41-49-114(50-42-110)140(130-94(10)62-86(2)63-95(130)11)131-96(12)64-87(3)65-97(131)13)82-111-43-51-115(52-44-111)141(132-98(14)66-88(4)67-99(132)15)133-100(16)68-89(5)69-101(133)17/h26-80H,81-84H2,1-25H3. The minimum absolute atomic E-state index is 0.0347. The maximum atomic E-state index is 2.83. The van der Waals surface area contributed by atoms with Crippen LogP contribution in [0.25, 0.3) is 22.3 Å². The molecule has 0 aliphatic heterocycles. The second kappa shape index (κ2) is 39.0. The summed E-state index contributed by atoms with van der Waals surface area (Å²) in [5, 5.41) is 0. The van der Waals surface area contributed by atoms with Crippen LogP contribution in [0.4, 0.5) is 0 Å². The predicted molar refractivity (Wildman–Crippen MR) is 632 cm³/mol. The molecule has 2 aliphatic carbocycles. The molecule has 0 N–H and O–H groups in total. The second-order valence-corrected chi connectivity index (χ2v) is 52.7. The molecule has 0 heterocycles. The summed E-state index contributed by atoms with van der Waals surface area (Å²) in [5.74, 6) is 0. The molecule has 0 saturated heterocycles.